The fraction of sp³-hybridized carbons (Fsp3) is 0.500. The Labute approximate surface area is 120 Å². The first-order valence-corrected chi connectivity index (χ1v) is 8.41. The molecule has 2 N–H and O–H groups in total. The molecule has 0 aliphatic rings. The van der Waals surface area contributed by atoms with Crippen molar-refractivity contribution in [3.8, 4) is 0 Å². The van der Waals surface area contributed by atoms with E-state index in [-0.39, 0.29) is 22.6 Å². The molecular formula is C14H22N2O3S. The molecule has 0 aliphatic heterocycles. The fourth-order valence-corrected chi connectivity index (χ4v) is 2.95. The van der Waals surface area contributed by atoms with E-state index in [0.717, 1.165) is 6.54 Å². The number of carbonyl (C=O) groups excluding carboxylic acids is 1. The molecule has 0 aromatic heterocycles. The van der Waals surface area contributed by atoms with Crippen LogP contribution in [0.2, 0.25) is 0 Å². The van der Waals surface area contributed by atoms with E-state index in [1.165, 1.54) is 6.07 Å². The predicted molar refractivity (Wildman–Crippen MR) is 80.6 cm³/mol. The van der Waals surface area contributed by atoms with Gasteiger partial charge in [0.2, 0.25) is 5.91 Å². The maximum Gasteiger partial charge on any atom is 0.225 e. The number of amides is 1. The van der Waals surface area contributed by atoms with E-state index < -0.39 is 9.84 Å². The van der Waals surface area contributed by atoms with Crippen molar-refractivity contribution in [2.45, 2.75) is 38.1 Å². The topological polar surface area (TPSA) is 75.3 Å². The molecule has 1 unspecified atom stereocenters. The van der Waals surface area contributed by atoms with Crippen LogP contribution in [-0.2, 0) is 14.6 Å². The Morgan fingerprint density at radius 2 is 1.90 bits per heavy atom. The van der Waals surface area contributed by atoms with E-state index in [2.05, 4.69) is 10.6 Å². The molecule has 0 spiro atoms. The zero-order valence-electron chi connectivity index (χ0n) is 12.1. The lowest BCUT2D eigenvalue weighted by Gasteiger charge is -2.14. The van der Waals surface area contributed by atoms with Gasteiger partial charge in [-0.1, -0.05) is 26.0 Å². The summed E-state index contributed by atoms with van der Waals surface area (Å²) < 4.78 is 23.9. The fourth-order valence-electron chi connectivity index (χ4n) is 1.90. The third kappa shape index (κ3) is 4.61. The molecule has 1 aromatic rings. The van der Waals surface area contributed by atoms with Gasteiger partial charge in [-0.05, 0) is 25.6 Å². The molecule has 5 nitrogen and oxygen atoms in total. The van der Waals surface area contributed by atoms with Gasteiger partial charge in [0.05, 0.1) is 16.3 Å². The maximum atomic E-state index is 12.0. The van der Waals surface area contributed by atoms with Gasteiger partial charge in [0.25, 0.3) is 0 Å². The minimum Gasteiger partial charge on any atom is -0.325 e. The third-order valence-corrected chi connectivity index (χ3v) is 4.71. The summed E-state index contributed by atoms with van der Waals surface area (Å²) in [5.41, 5.74) is 0.350. The number of benzene rings is 1. The van der Waals surface area contributed by atoms with Gasteiger partial charge >= 0.3 is 0 Å². The molecule has 1 atom stereocenters. The Hall–Kier alpha value is -1.40. The quantitative estimate of drug-likeness (QED) is 0.805. The summed E-state index contributed by atoms with van der Waals surface area (Å²) in [6.07, 6.45) is 0.300. The molecular weight excluding hydrogens is 276 g/mol. The predicted octanol–water partition coefficient (Wildman–Crippen LogP) is 1.81. The lowest BCUT2D eigenvalue weighted by atomic mass is 10.2. The average molecular weight is 298 g/mol. The van der Waals surface area contributed by atoms with E-state index in [1.807, 2.05) is 13.8 Å². The van der Waals surface area contributed by atoms with Crippen molar-refractivity contribution < 1.29 is 13.2 Å². The number of hydrogen-bond acceptors (Lipinski definition) is 4. The summed E-state index contributed by atoms with van der Waals surface area (Å²) in [4.78, 5) is 12.1. The van der Waals surface area contributed by atoms with Gasteiger partial charge in [-0.25, -0.2) is 8.42 Å². The summed E-state index contributed by atoms with van der Waals surface area (Å²) in [5.74, 6) is -0.189. The molecule has 0 heterocycles. The van der Waals surface area contributed by atoms with Crippen LogP contribution in [0.5, 0.6) is 0 Å². The summed E-state index contributed by atoms with van der Waals surface area (Å²) >= 11 is 0. The molecule has 20 heavy (non-hydrogen) atoms. The first kappa shape index (κ1) is 16.7. The number of rotatable bonds is 7. The van der Waals surface area contributed by atoms with E-state index in [4.69, 9.17) is 0 Å². The molecule has 0 fully saturated rings. The number of para-hydroxylation sites is 1. The average Bonchev–Trinajstić information content (AvgIpc) is 2.39. The number of nitrogens with one attached hydrogen (secondary N) is 2. The number of carbonyl (C=O) groups is 1. The van der Waals surface area contributed by atoms with Gasteiger partial charge in [0.1, 0.15) is 0 Å². The van der Waals surface area contributed by atoms with Crippen molar-refractivity contribution in [1.29, 1.82) is 0 Å². The lowest BCUT2D eigenvalue weighted by molar-refractivity contribution is -0.116. The van der Waals surface area contributed by atoms with E-state index in [9.17, 15) is 13.2 Å². The first-order chi connectivity index (χ1) is 9.40. The van der Waals surface area contributed by atoms with Crippen molar-refractivity contribution >= 4 is 21.4 Å². The van der Waals surface area contributed by atoms with Crippen molar-refractivity contribution in [2.75, 3.05) is 17.6 Å². The van der Waals surface area contributed by atoms with Crippen LogP contribution >= 0.6 is 0 Å². The third-order valence-electron chi connectivity index (χ3n) is 2.92. The Morgan fingerprint density at radius 3 is 2.50 bits per heavy atom. The second-order valence-electron chi connectivity index (χ2n) is 4.61. The molecule has 0 saturated carbocycles. The lowest BCUT2D eigenvalue weighted by Crippen LogP contribution is -2.30. The molecule has 1 amide bonds. The van der Waals surface area contributed by atoms with Crippen LogP contribution in [0, 0.1) is 0 Å². The second kappa shape index (κ2) is 7.40. The highest BCUT2D eigenvalue weighted by molar-refractivity contribution is 7.91. The van der Waals surface area contributed by atoms with E-state index in [0.29, 0.717) is 12.1 Å². The number of anilines is 1. The number of sulfone groups is 1. The minimum atomic E-state index is -3.34. The van der Waals surface area contributed by atoms with Gasteiger partial charge in [-0.15, -0.1) is 0 Å². The molecule has 1 aromatic carbocycles. The summed E-state index contributed by atoms with van der Waals surface area (Å²) in [5, 5.41) is 5.82. The Balaban J connectivity index is 2.86. The Morgan fingerprint density at radius 1 is 1.25 bits per heavy atom. The maximum absolute atomic E-state index is 12.0. The highest BCUT2D eigenvalue weighted by Crippen LogP contribution is 2.22. The normalized spacial score (nSPS) is 12.9. The van der Waals surface area contributed by atoms with Crippen LogP contribution < -0.4 is 10.6 Å². The van der Waals surface area contributed by atoms with Crippen LogP contribution in [0.1, 0.15) is 27.2 Å². The molecule has 112 valence electrons. The largest absolute Gasteiger partial charge is 0.325 e. The number of hydrogen-bond donors (Lipinski definition) is 2. The van der Waals surface area contributed by atoms with E-state index in [1.54, 1.807) is 25.1 Å². The molecule has 1 rings (SSSR count). The standard InChI is InChI=1S/C14H22N2O3S/c1-4-15-11(3)10-14(17)16-12-8-6-7-9-13(12)20(18,19)5-2/h6-9,11,15H,4-5,10H2,1-3H3,(H,16,17). The highest BCUT2D eigenvalue weighted by Gasteiger charge is 2.18. The van der Waals surface area contributed by atoms with Gasteiger partial charge in [0.15, 0.2) is 9.84 Å². The Kier molecular flexibility index (Phi) is 6.16. The molecule has 6 heteroatoms. The minimum absolute atomic E-state index is 0.00762. The summed E-state index contributed by atoms with van der Waals surface area (Å²) in [7, 11) is -3.34. The SMILES string of the molecule is CCNC(C)CC(=O)Nc1ccccc1S(=O)(=O)CC. The van der Waals surface area contributed by atoms with Gasteiger partial charge < -0.3 is 10.6 Å². The van der Waals surface area contributed by atoms with Crippen molar-refractivity contribution in [2.24, 2.45) is 0 Å². The van der Waals surface area contributed by atoms with Crippen molar-refractivity contribution in [3.05, 3.63) is 24.3 Å². The Bertz CT molecular complexity index is 555. The van der Waals surface area contributed by atoms with Crippen molar-refractivity contribution in [3.63, 3.8) is 0 Å². The zero-order chi connectivity index (χ0) is 15.2. The zero-order valence-corrected chi connectivity index (χ0v) is 13.0. The summed E-state index contributed by atoms with van der Waals surface area (Å²) in [6, 6.07) is 6.54. The van der Waals surface area contributed by atoms with Crippen LogP contribution in [0.4, 0.5) is 5.69 Å². The molecule has 0 radical (unpaired) electrons. The highest BCUT2D eigenvalue weighted by atomic mass is 32.2. The van der Waals surface area contributed by atoms with E-state index >= 15 is 0 Å². The second-order valence-corrected chi connectivity index (χ2v) is 6.86. The monoisotopic (exact) mass is 298 g/mol. The van der Waals surface area contributed by atoms with Crippen LogP contribution in [0.25, 0.3) is 0 Å². The smallest absolute Gasteiger partial charge is 0.225 e. The van der Waals surface area contributed by atoms with Gasteiger partial charge in [-0.3, -0.25) is 4.79 Å². The van der Waals surface area contributed by atoms with Crippen molar-refractivity contribution in [1.82, 2.24) is 5.32 Å². The van der Waals surface area contributed by atoms with Crippen LogP contribution in [-0.4, -0.2) is 32.7 Å². The van der Waals surface area contributed by atoms with Crippen LogP contribution in [0.15, 0.2) is 29.2 Å². The van der Waals surface area contributed by atoms with Gasteiger partial charge in [0, 0.05) is 12.5 Å². The van der Waals surface area contributed by atoms with Gasteiger partial charge in [-0.2, -0.15) is 0 Å². The molecule has 0 saturated heterocycles. The molecule has 0 aliphatic carbocycles. The van der Waals surface area contributed by atoms with Crippen LogP contribution in [0.3, 0.4) is 0 Å². The first-order valence-electron chi connectivity index (χ1n) is 6.75. The summed E-state index contributed by atoms with van der Waals surface area (Å²) in [6.45, 7) is 6.26. The molecule has 0 bridgehead atoms.